The minimum atomic E-state index is -0.403. The van der Waals surface area contributed by atoms with Crippen LogP contribution in [-0.4, -0.2) is 24.2 Å². The summed E-state index contributed by atoms with van der Waals surface area (Å²) in [7, 11) is 1.64. The van der Waals surface area contributed by atoms with Gasteiger partial charge in [0.05, 0.1) is 22.2 Å². The Balaban J connectivity index is 2.46. The number of aryl methyl sites for hydroxylation is 1. The Bertz CT molecular complexity index is 765. The molecule has 0 aliphatic heterocycles. The number of carbonyl (C=O) groups excluding carboxylic acids is 1. The van der Waals surface area contributed by atoms with E-state index < -0.39 is 5.91 Å². The molecule has 7 heteroatoms. The molecule has 0 bridgehead atoms. The zero-order valence-corrected chi connectivity index (χ0v) is 14.8. The van der Waals surface area contributed by atoms with Gasteiger partial charge in [0, 0.05) is 24.2 Å². The average molecular weight is 359 g/mol. The van der Waals surface area contributed by atoms with Crippen molar-refractivity contribution in [2.24, 2.45) is 4.99 Å². The van der Waals surface area contributed by atoms with Crippen molar-refractivity contribution in [2.45, 2.75) is 20.4 Å². The Morgan fingerprint density at radius 2 is 2.09 bits per heavy atom. The summed E-state index contributed by atoms with van der Waals surface area (Å²) in [6, 6.07) is 4.94. The number of aromatic nitrogens is 1. The quantitative estimate of drug-likeness (QED) is 0.832. The third-order valence-electron chi connectivity index (χ3n) is 3.29. The number of methoxy groups -OCH3 is 1. The Morgan fingerprint density at radius 1 is 1.36 bits per heavy atom. The molecule has 4 nitrogen and oxygen atoms in total. The van der Waals surface area contributed by atoms with Crippen LogP contribution in [0.2, 0.25) is 10.0 Å². The van der Waals surface area contributed by atoms with E-state index in [9.17, 15) is 4.79 Å². The Kier molecular flexibility index (Phi) is 5.81. The van der Waals surface area contributed by atoms with Gasteiger partial charge in [0.25, 0.3) is 5.91 Å². The fourth-order valence-corrected chi connectivity index (χ4v) is 3.32. The molecular formula is C15H16Cl2N2O2S. The van der Waals surface area contributed by atoms with Crippen molar-refractivity contribution >= 4 is 40.4 Å². The predicted molar refractivity (Wildman–Crippen MR) is 90.0 cm³/mol. The SMILES string of the molecule is COCCn1c(C)c(C)sc1=NC(=O)c1cccc(Cl)c1Cl. The second-order valence-corrected chi connectivity index (χ2v) is 6.66. The van der Waals surface area contributed by atoms with Gasteiger partial charge in [-0.05, 0) is 26.0 Å². The van der Waals surface area contributed by atoms with Gasteiger partial charge < -0.3 is 9.30 Å². The van der Waals surface area contributed by atoms with Crippen LogP contribution >= 0.6 is 34.5 Å². The summed E-state index contributed by atoms with van der Waals surface area (Å²) in [5.74, 6) is -0.403. The minimum Gasteiger partial charge on any atom is -0.383 e. The van der Waals surface area contributed by atoms with E-state index in [1.54, 1.807) is 25.3 Å². The topological polar surface area (TPSA) is 43.6 Å². The highest BCUT2D eigenvalue weighted by Gasteiger charge is 2.13. The number of amides is 1. The summed E-state index contributed by atoms with van der Waals surface area (Å²) in [4.78, 5) is 18.3. The first-order valence-electron chi connectivity index (χ1n) is 6.64. The molecule has 2 rings (SSSR count). The fourth-order valence-electron chi connectivity index (χ4n) is 1.94. The maximum atomic E-state index is 12.4. The number of carbonyl (C=O) groups is 1. The van der Waals surface area contributed by atoms with Gasteiger partial charge in [-0.15, -0.1) is 11.3 Å². The zero-order valence-electron chi connectivity index (χ0n) is 12.5. The normalized spacial score (nSPS) is 12.0. The zero-order chi connectivity index (χ0) is 16.3. The largest absolute Gasteiger partial charge is 0.383 e. The standard InChI is InChI=1S/C15H16Cl2N2O2S/c1-9-10(2)22-15(19(9)7-8-21-3)18-14(20)11-5-4-6-12(16)13(11)17/h4-6H,7-8H2,1-3H3. The van der Waals surface area contributed by atoms with Gasteiger partial charge in [-0.1, -0.05) is 29.3 Å². The molecule has 0 aliphatic rings. The molecule has 118 valence electrons. The van der Waals surface area contributed by atoms with Crippen LogP contribution in [0.1, 0.15) is 20.9 Å². The minimum absolute atomic E-state index is 0.228. The third-order valence-corrected chi connectivity index (χ3v) is 5.20. The molecule has 1 heterocycles. The molecule has 2 aromatic rings. The van der Waals surface area contributed by atoms with Crippen LogP contribution in [0.25, 0.3) is 0 Å². The van der Waals surface area contributed by atoms with E-state index in [1.165, 1.54) is 11.3 Å². The number of rotatable bonds is 4. The molecule has 22 heavy (non-hydrogen) atoms. The van der Waals surface area contributed by atoms with Crippen LogP contribution < -0.4 is 4.80 Å². The van der Waals surface area contributed by atoms with E-state index in [1.807, 2.05) is 18.4 Å². The van der Waals surface area contributed by atoms with E-state index >= 15 is 0 Å². The number of benzene rings is 1. The molecular weight excluding hydrogens is 343 g/mol. The molecule has 0 spiro atoms. The summed E-state index contributed by atoms with van der Waals surface area (Å²) in [5, 5.41) is 0.569. The second-order valence-electron chi connectivity index (χ2n) is 4.69. The highest BCUT2D eigenvalue weighted by atomic mass is 35.5. The summed E-state index contributed by atoms with van der Waals surface area (Å²) in [6.45, 7) is 5.19. The van der Waals surface area contributed by atoms with Crippen LogP contribution in [0.3, 0.4) is 0 Å². The van der Waals surface area contributed by atoms with Crippen LogP contribution in [0.4, 0.5) is 0 Å². The van der Waals surface area contributed by atoms with Crippen molar-refractivity contribution in [3.63, 3.8) is 0 Å². The molecule has 1 aromatic carbocycles. The molecule has 0 saturated carbocycles. The van der Waals surface area contributed by atoms with Gasteiger partial charge in [0.1, 0.15) is 0 Å². The fraction of sp³-hybridized carbons (Fsp3) is 0.333. The Labute approximate surface area is 143 Å². The lowest BCUT2D eigenvalue weighted by Gasteiger charge is -2.05. The third kappa shape index (κ3) is 3.60. The second kappa shape index (κ2) is 7.42. The van der Waals surface area contributed by atoms with Crippen LogP contribution in [-0.2, 0) is 11.3 Å². The number of thiazole rings is 1. The first-order valence-corrected chi connectivity index (χ1v) is 8.21. The molecule has 0 unspecified atom stereocenters. The van der Waals surface area contributed by atoms with Crippen molar-refractivity contribution in [3.05, 3.63) is 49.2 Å². The van der Waals surface area contributed by atoms with E-state index in [0.717, 1.165) is 10.6 Å². The van der Waals surface area contributed by atoms with Gasteiger partial charge in [-0.2, -0.15) is 4.99 Å². The monoisotopic (exact) mass is 358 g/mol. The highest BCUT2D eigenvalue weighted by Crippen LogP contribution is 2.26. The highest BCUT2D eigenvalue weighted by molar-refractivity contribution is 7.09. The molecule has 0 atom stereocenters. The smallest absolute Gasteiger partial charge is 0.281 e. The molecule has 0 N–H and O–H groups in total. The van der Waals surface area contributed by atoms with E-state index in [0.29, 0.717) is 28.5 Å². The maximum Gasteiger partial charge on any atom is 0.281 e. The molecule has 0 aliphatic carbocycles. The van der Waals surface area contributed by atoms with Gasteiger partial charge in [-0.25, -0.2) is 0 Å². The van der Waals surface area contributed by atoms with Crippen LogP contribution in [0.5, 0.6) is 0 Å². The molecule has 1 aromatic heterocycles. The first-order chi connectivity index (χ1) is 10.5. The first kappa shape index (κ1) is 17.2. The lowest BCUT2D eigenvalue weighted by atomic mass is 10.2. The summed E-state index contributed by atoms with van der Waals surface area (Å²) in [6.07, 6.45) is 0. The van der Waals surface area contributed by atoms with Crippen molar-refractivity contribution in [1.82, 2.24) is 4.57 Å². The van der Waals surface area contributed by atoms with Gasteiger partial charge >= 0.3 is 0 Å². The van der Waals surface area contributed by atoms with Crippen molar-refractivity contribution in [3.8, 4) is 0 Å². The van der Waals surface area contributed by atoms with Crippen LogP contribution in [0, 0.1) is 13.8 Å². The Morgan fingerprint density at radius 3 is 2.77 bits per heavy atom. The summed E-state index contributed by atoms with van der Waals surface area (Å²) in [5.41, 5.74) is 1.38. The predicted octanol–water partition coefficient (Wildman–Crippen LogP) is 3.86. The van der Waals surface area contributed by atoms with Crippen molar-refractivity contribution in [2.75, 3.05) is 13.7 Å². The Hall–Kier alpha value is -1.14. The maximum absolute atomic E-state index is 12.4. The number of halogens is 2. The van der Waals surface area contributed by atoms with Gasteiger partial charge in [0.15, 0.2) is 4.80 Å². The molecule has 0 radical (unpaired) electrons. The van der Waals surface area contributed by atoms with Crippen molar-refractivity contribution in [1.29, 1.82) is 0 Å². The van der Waals surface area contributed by atoms with E-state index in [2.05, 4.69) is 4.99 Å². The lowest BCUT2D eigenvalue weighted by Crippen LogP contribution is -2.20. The van der Waals surface area contributed by atoms with E-state index in [4.69, 9.17) is 27.9 Å². The average Bonchev–Trinajstić information content (AvgIpc) is 2.74. The number of hydrogen-bond donors (Lipinski definition) is 0. The number of ether oxygens (including phenoxy) is 1. The summed E-state index contributed by atoms with van der Waals surface area (Å²) < 4.78 is 7.08. The molecule has 1 amide bonds. The van der Waals surface area contributed by atoms with Gasteiger partial charge in [0.2, 0.25) is 0 Å². The number of nitrogens with zero attached hydrogens (tertiary/aromatic N) is 2. The lowest BCUT2D eigenvalue weighted by molar-refractivity contribution is 0.0997. The summed E-state index contributed by atoms with van der Waals surface area (Å²) >= 11 is 13.5. The molecule has 0 fully saturated rings. The van der Waals surface area contributed by atoms with E-state index in [-0.39, 0.29) is 5.02 Å². The molecule has 0 saturated heterocycles. The number of hydrogen-bond acceptors (Lipinski definition) is 3. The van der Waals surface area contributed by atoms with Gasteiger partial charge in [-0.3, -0.25) is 4.79 Å². The van der Waals surface area contributed by atoms with Crippen LogP contribution in [0.15, 0.2) is 23.2 Å². The van der Waals surface area contributed by atoms with Crippen molar-refractivity contribution < 1.29 is 9.53 Å².